The first kappa shape index (κ1) is 35.2. The average molecular weight is 766 g/mol. The molecule has 0 aliphatic carbocycles. The molecule has 0 spiro atoms. The van der Waals surface area contributed by atoms with Gasteiger partial charge in [-0.1, -0.05) is 182 Å². The number of rotatable bonds is 8. The SMILES string of the molecule is c1ccc(-c2ccccc2-c2c(-c3ccccc3)cccc2N(c2ccc(-c3ccc4ccccc4c3)cc2)c2ccc(-c3ccc4c(c3)oc3ccccc34)cc2)cc1. The summed E-state index contributed by atoms with van der Waals surface area (Å²) in [5, 5.41) is 4.75. The highest BCUT2D eigenvalue weighted by molar-refractivity contribution is 6.06. The highest BCUT2D eigenvalue weighted by atomic mass is 16.3. The Morgan fingerprint density at radius 2 is 0.800 bits per heavy atom. The average Bonchev–Trinajstić information content (AvgIpc) is 3.70. The summed E-state index contributed by atoms with van der Waals surface area (Å²) in [5.74, 6) is 0. The number of para-hydroxylation sites is 1. The van der Waals surface area contributed by atoms with Crippen LogP contribution in [0.5, 0.6) is 0 Å². The summed E-state index contributed by atoms with van der Waals surface area (Å²) in [6, 6.07) is 85.0. The molecule has 1 aromatic heterocycles. The summed E-state index contributed by atoms with van der Waals surface area (Å²) in [6.45, 7) is 0. The highest BCUT2D eigenvalue weighted by Gasteiger charge is 2.23. The molecule has 0 radical (unpaired) electrons. The van der Waals surface area contributed by atoms with Gasteiger partial charge in [0.25, 0.3) is 0 Å². The smallest absolute Gasteiger partial charge is 0.136 e. The predicted octanol–water partition coefficient (Wildman–Crippen LogP) is 16.5. The van der Waals surface area contributed by atoms with Crippen LogP contribution in [0, 0.1) is 0 Å². The van der Waals surface area contributed by atoms with E-state index in [0.717, 1.165) is 50.1 Å². The maximum Gasteiger partial charge on any atom is 0.136 e. The first-order chi connectivity index (χ1) is 29.7. The molecule has 0 unspecified atom stereocenters. The van der Waals surface area contributed by atoms with Crippen molar-refractivity contribution in [3.63, 3.8) is 0 Å². The Bertz CT molecular complexity index is 3290. The Kier molecular flexibility index (Phi) is 8.87. The second-order valence-corrected chi connectivity index (χ2v) is 15.3. The Morgan fingerprint density at radius 3 is 1.52 bits per heavy atom. The number of fused-ring (bicyclic) bond motifs is 4. The molecule has 0 atom stereocenters. The maximum absolute atomic E-state index is 6.29. The molecule has 0 bridgehead atoms. The first-order valence-electron chi connectivity index (χ1n) is 20.5. The van der Waals surface area contributed by atoms with Gasteiger partial charge >= 0.3 is 0 Å². The molecule has 0 saturated heterocycles. The Hall–Kier alpha value is -7.94. The van der Waals surface area contributed by atoms with Gasteiger partial charge in [0.2, 0.25) is 0 Å². The second-order valence-electron chi connectivity index (χ2n) is 15.3. The lowest BCUT2D eigenvalue weighted by Crippen LogP contribution is -2.12. The molecule has 10 aromatic carbocycles. The van der Waals surface area contributed by atoms with Crippen molar-refractivity contribution in [1.82, 2.24) is 0 Å². The fraction of sp³-hybridized carbons (Fsp3) is 0. The Labute approximate surface area is 349 Å². The zero-order valence-electron chi connectivity index (χ0n) is 32.9. The zero-order chi connectivity index (χ0) is 39.8. The summed E-state index contributed by atoms with van der Waals surface area (Å²) in [4.78, 5) is 2.42. The van der Waals surface area contributed by atoms with Gasteiger partial charge in [0, 0.05) is 27.7 Å². The van der Waals surface area contributed by atoms with E-state index in [0.29, 0.717) is 0 Å². The van der Waals surface area contributed by atoms with Gasteiger partial charge in [-0.15, -0.1) is 0 Å². The van der Waals surface area contributed by atoms with E-state index in [9.17, 15) is 0 Å². The minimum Gasteiger partial charge on any atom is -0.456 e. The molecule has 2 nitrogen and oxygen atoms in total. The van der Waals surface area contributed by atoms with E-state index in [2.05, 4.69) is 229 Å². The molecule has 282 valence electrons. The highest BCUT2D eigenvalue weighted by Crippen LogP contribution is 2.48. The van der Waals surface area contributed by atoms with Gasteiger partial charge in [-0.2, -0.15) is 0 Å². The number of furan rings is 1. The van der Waals surface area contributed by atoms with Crippen LogP contribution < -0.4 is 4.90 Å². The van der Waals surface area contributed by atoms with Gasteiger partial charge in [-0.05, 0) is 115 Å². The van der Waals surface area contributed by atoms with Gasteiger partial charge in [-0.25, -0.2) is 0 Å². The molecule has 0 amide bonds. The molecule has 1 heterocycles. The van der Waals surface area contributed by atoms with Crippen LogP contribution in [0.4, 0.5) is 17.1 Å². The van der Waals surface area contributed by atoms with Crippen molar-refractivity contribution in [2.75, 3.05) is 4.90 Å². The van der Waals surface area contributed by atoms with Crippen LogP contribution in [0.15, 0.2) is 241 Å². The van der Waals surface area contributed by atoms with E-state index in [1.807, 2.05) is 12.1 Å². The monoisotopic (exact) mass is 765 g/mol. The molecular formula is C58H39NO. The molecule has 0 fully saturated rings. The molecule has 60 heavy (non-hydrogen) atoms. The summed E-state index contributed by atoms with van der Waals surface area (Å²) in [5.41, 5.74) is 16.7. The third-order valence-corrected chi connectivity index (χ3v) is 11.7. The maximum atomic E-state index is 6.29. The molecule has 0 aliphatic rings. The van der Waals surface area contributed by atoms with Crippen LogP contribution in [-0.4, -0.2) is 0 Å². The second kappa shape index (κ2) is 15.1. The third-order valence-electron chi connectivity index (χ3n) is 11.7. The van der Waals surface area contributed by atoms with Crippen molar-refractivity contribution in [2.24, 2.45) is 0 Å². The van der Waals surface area contributed by atoms with E-state index in [-0.39, 0.29) is 0 Å². The van der Waals surface area contributed by atoms with Crippen LogP contribution in [0.2, 0.25) is 0 Å². The van der Waals surface area contributed by atoms with Crippen LogP contribution in [-0.2, 0) is 0 Å². The predicted molar refractivity (Wildman–Crippen MR) is 253 cm³/mol. The van der Waals surface area contributed by atoms with Crippen molar-refractivity contribution in [3.8, 4) is 55.6 Å². The van der Waals surface area contributed by atoms with Gasteiger partial charge in [0.1, 0.15) is 11.2 Å². The topological polar surface area (TPSA) is 16.4 Å². The number of nitrogens with zero attached hydrogens (tertiary/aromatic N) is 1. The van der Waals surface area contributed by atoms with Crippen molar-refractivity contribution in [2.45, 2.75) is 0 Å². The minimum absolute atomic E-state index is 0.894. The Morgan fingerprint density at radius 1 is 0.283 bits per heavy atom. The molecule has 0 saturated carbocycles. The fourth-order valence-electron chi connectivity index (χ4n) is 8.75. The standard InChI is InChI=1S/C58H39NO/c1-3-15-43(16-4-1)50-20-9-10-22-54(50)58-51(44-17-5-2-6-18-44)23-13-24-55(58)59(48-33-28-41(29-34-48)46-27-26-40-14-7-8-19-45(40)38-46)49-35-30-42(31-36-49)47-32-37-53-52-21-11-12-25-56(52)60-57(53)39-47/h1-39H. The van der Waals surface area contributed by atoms with Gasteiger partial charge < -0.3 is 9.32 Å². The molecular weight excluding hydrogens is 727 g/mol. The van der Waals surface area contributed by atoms with Crippen molar-refractivity contribution >= 4 is 49.8 Å². The lowest BCUT2D eigenvalue weighted by atomic mass is 9.87. The first-order valence-corrected chi connectivity index (χ1v) is 20.5. The largest absolute Gasteiger partial charge is 0.456 e. The summed E-state index contributed by atoms with van der Waals surface area (Å²) in [7, 11) is 0. The number of anilines is 3. The van der Waals surface area contributed by atoms with E-state index in [4.69, 9.17) is 4.42 Å². The van der Waals surface area contributed by atoms with E-state index < -0.39 is 0 Å². The normalized spacial score (nSPS) is 11.3. The molecule has 0 N–H and O–H groups in total. The summed E-state index contributed by atoms with van der Waals surface area (Å²) < 4.78 is 6.29. The number of hydrogen-bond acceptors (Lipinski definition) is 2. The van der Waals surface area contributed by atoms with E-state index >= 15 is 0 Å². The van der Waals surface area contributed by atoms with Crippen LogP contribution >= 0.6 is 0 Å². The molecule has 0 aliphatic heterocycles. The molecule has 2 heteroatoms. The van der Waals surface area contributed by atoms with Crippen molar-refractivity contribution in [1.29, 1.82) is 0 Å². The van der Waals surface area contributed by atoms with Gasteiger partial charge in [-0.3, -0.25) is 0 Å². The molecule has 11 rings (SSSR count). The third kappa shape index (κ3) is 6.41. The lowest BCUT2D eigenvalue weighted by molar-refractivity contribution is 0.669. The van der Waals surface area contributed by atoms with E-state index in [1.165, 1.54) is 55.3 Å². The fourth-order valence-corrected chi connectivity index (χ4v) is 8.75. The van der Waals surface area contributed by atoms with Gasteiger partial charge in [0.15, 0.2) is 0 Å². The number of benzene rings is 10. The van der Waals surface area contributed by atoms with Gasteiger partial charge in [0.05, 0.1) is 5.69 Å². The quantitative estimate of drug-likeness (QED) is 0.153. The van der Waals surface area contributed by atoms with Crippen LogP contribution in [0.3, 0.4) is 0 Å². The zero-order valence-corrected chi connectivity index (χ0v) is 32.9. The van der Waals surface area contributed by atoms with Crippen LogP contribution in [0.1, 0.15) is 0 Å². The number of hydrogen-bond donors (Lipinski definition) is 0. The summed E-state index contributed by atoms with van der Waals surface area (Å²) in [6.07, 6.45) is 0. The van der Waals surface area contributed by atoms with Crippen molar-refractivity contribution < 1.29 is 4.42 Å². The lowest BCUT2D eigenvalue weighted by Gasteiger charge is -2.30. The summed E-state index contributed by atoms with van der Waals surface area (Å²) >= 11 is 0. The van der Waals surface area contributed by atoms with E-state index in [1.54, 1.807) is 0 Å². The van der Waals surface area contributed by atoms with Crippen LogP contribution in [0.25, 0.3) is 88.3 Å². The van der Waals surface area contributed by atoms with Crippen molar-refractivity contribution in [3.05, 3.63) is 237 Å². The Balaban J connectivity index is 1.09. The minimum atomic E-state index is 0.894. The molecule has 11 aromatic rings.